The number of hydrogen-bond donors (Lipinski definition) is 6. The first-order valence-electron chi connectivity index (χ1n) is 4.22. The molecule has 2 aromatic rings. The molecule has 0 spiro atoms. The van der Waals surface area contributed by atoms with Gasteiger partial charge in [-0.15, -0.1) is 0 Å². The predicted molar refractivity (Wildman–Crippen MR) is 69.6 cm³/mol. The van der Waals surface area contributed by atoms with Gasteiger partial charge in [-0.1, -0.05) is 0 Å². The van der Waals surface area contributed by atoms with E-state index in [9.17, 15) is 28.8 Å². The first-order chi connectivity index (χ1) is 8.36. The number of hydrogen-bond acceptors (Lipinski definition) is 6. The van der Waals surface area contributed by atoms with Gasteiger partial charge in [0.15, 0.2) is 0 Å². The van der Waals surface area contributed by atoms with E-state index in [2.05, 4.69) is 0 Å². The van der Waals surface area contributed by atoms with Gasteiger partial charge in [0.2, 0.25) is 0 Å². The molecule has 0 amide bonds. The summed E-state index contributed by atoms with van der Waals surface area (Å²) in [7, 11) is 0. The van der Waals surface area contributed by atoms with Gasteiger partial charge in [0.05, 0.1) is 0 Å². The first kappa shape index (κ1) is 23.8. The molecule has 0 saturated heterocycles. The van der Waals surface area contributed by atoms with E-state index in [1.165, 1.54) is 0 Å². The van der Waals surface area contributed by atoms with Gasteiger partial charge >= 0.3 is 34.1 Å². The molecule has 0 aromatic carbocycles. The van der Waals surface area contributed by atoms with E-state index >= 15 is 0 Å². The SMILES string of the molecule is O.O.O=c1[nH]c(=O)[nH]c(=O)[nH]1.O=c1[nH]c(=O)[nH]c(=O)[nH]1.[Na]. The predicted octanol–water partition coefficient (Wildman–Crippen LogP) is -6.53. The Bertz CT molecular complexity index is 636. The van der Waals surface area contributed by atoms with E-state index < -0.39 is 34.1 Å². The minimum Gasteiger partial charge on any atom is -0.412 e. The van der Waals surface area contributed by atoms with E-state index in [0.29, 0.717) is 0 Å². The second kappa shape index (κ2) is 10.5. The number of rotatable bonds is 0. The molecule has 0 aliphatic rings. The van der Waals surface area contributed by atoms with Crippen molar-refractivity contribution in [1.29, 1.82) is 0 Å². The molecule has 21 heavy (non-hydrogen) atoms. The Balaban J connectivity index is -0.000000270. The maximum atomic E-state index is 10.2. The van der Waals surface area contributed by atoms with E-state index in [0.717, 1.165) is 0 Å². The third-order valence-corrected chi connectivity index (χ3v) is 1.36. The molecule has 2 rings (SSSR count). The molecular weight excluding hydrogens is 307 g/mol. The standard InChI is InChI=1S/2C3H3N3O3.Na.2H2O/c2*7-1-4-2(8)6-3(9)5-1;;;/h2*(H3,4,5,6,7,8,9);;2*1H2. The van der Waals surface area contributed by atoms with E-state index in [-0.39, 0.29) is 40.5 Å². The van der Waals surface area contributed by atoms with Crippen molar-refractivity contribution in [2.45, 2.75) is 0 Å². The molecule has 2 aromatic heterocycles. The molecule has 0 atom stereocenters. The average Bonchev–Trinajstić information content (AvgIpc) is 2.12. The van der Waals surface area contributed by atoms with Crippen molar-refractivity contribution < 1.29 is 11.0 Å². The Morgan fingerprint density at radius 2 is 0.476 bits per heavy atom. The molecule has 1 radical (unpaired) electrons. The van der Waals surface area contributed by atoms with Crippen LogP contribution >= 0.6 is 0 Å². The minimum absolute atomic E-state index is 0. The largest absolute Gasteiger partial charge is 0.412 e. The van der Waals surface area contributed by atoms with Crippen molar-refractivity contribution in [2.24, 2.45) is 0 Å². The monoisotopic (exact) mass is 317 g/mol. The second-order valence-electron chi connectivity index (χ2n) is 2.72. The third-order valence-electron chi connectivity index (χ3n) is 1.36. The molecule has 0 bridgehead atoms. The third kappa shape index (κ3) is 9.30. The Labute approximate surface area is 133 Å². The van der Waals surface area contributed by atoms with Crippen LogP contribution in [-0.2, 0) is 0 Å². The van der Waals surface area contributed by atoms with Crippen molar-refractivity contribution in [3.8, 4) is 0 Å². The zero-order valence-electron chi connectivity index (χ0n) is 10.4. The maximum absolute atomic E-state index is 10.2. The summed E-state index contributed by atoms with van der Waals surface area (Å²) in [6.45, 7) is 0. The molecule has 113 valence electrons. The fourth-order valence-corrected chi connectivity index (χ4v) is 0.806. The fraction of sp³-hybridized carbons (Fsp3) is 0. The molecule has 0 aliphatic carbocycles. The summed E-state index contributed by atoms with van der Waals surface area (Å²) in [6, 6.07) is 0. The fourth-order valence-electron chi connectivity index (χ4n) is 0.806. The van der Waals surface area contributed by atoms with Crippen molar-refractivity contribution in [2.75, 3.05) is 0 Å². The van der Waals surface area contributed by atoms with E-state index in [1.54, 1.807) is 29.9 Å². The zero-order valence-corrected chi connectivity index (χ0v) is 12.4. The molecule has 0 aliphatic heterocycles. The normalized spacial score (nSPS) is 8.00. The van der Waals surface area contributed by atoms with Crippen molar-refractivity contribution in [1.82, 2.24) is 29.9 Å². The van der Waals surface area contributed by atoms with Crippen LogP contribution in [-0.4, -0.2) is 70.4 Å². The summed E-state index contributed by atoms with van der Waals surface area (Å²) in [5.74, 6) is 0. The summed E-state index contributed by atoms with van der Waals surface area (Å²) < 4.78 is 0. The van der Waals surface area contributed by atoms with Gasteiger partial charge in [-0.3, -0.25) is 29.9 Å². The molecule has 0 fully saturated rings. The van der Waals surface area contributed by atoms with Crippen molar-refractivity contribution in [3.63, 3.8) is 0 Å². The van der Waals surface area contributed by atoms with Gasteiger partial charge in [0.1, 0.15) is 0 Å². The van der Waals surface area contributed by atoms with Gasteiger partial charge < -0.3 is 11.0 Å². The number of aromatic amines is 6. The van der Waals surface area contributed by atoms with Gasteiger partial charge in [-0.25, -0.2) is 28.8 Å². The zero-order chi connectivity index (χ0) is 13.7. The summed E-state index contributed by atoms with van der Waals surface area (Å²) in [5.41, 5.74) is -4.81. The Kier molecular flexibility index (Phi) is 11.9. The topological polar surface area (TPSA) is 260 Å². The van der Waals surface area contributed by atoms with Gasteiger partial charge in [-0.05, 0) is 0 Å². The average molecular weight is 317 g/mol. The quantitative estimate of drug-likeness (QED) is 0.257. The van der Waals surface area contributed by atoms with Crippen LogP contribution in [0.5, 0.6) is 0 Å². The summed E-state index contributed by atoms with van der Waals surface area (Å²) in [5, 5.41) is 0. The van der Waals surface area contributed by atoms with Crippen LogP contribution in [0.15, 0.2) is 28.8 Å². The second-order valence-corrected chi connectivity index (χ2v) is 2.72. The summed E-state index contributed by atoms with van der Waals surface area (Å²) >= 11 is 0. The van der Waals surface area contributed by atoms with Crippen LogP contribution in [0.2, 0.25) is 0 Å². The number of aromatic nitrogens is 6. The van der Waals surface area contributed by atoms with Crippen molar-refractivity contribution in [3.05, 3.63) is 62.9 Å². The van der Waals surface area contributed by atoms with Crippen LogP contribution < -0.4 is 34.1 Å². The molecule has 14 nitrogen and oxygen atoms in total. The van der Waals surface area contributed by atoms with Crippen molar-refractivity contribution >= 4 is 29.6 Å². The summed E-state index contributed by atoms with van der Waals surface area (Å²) in [4.78, 5) is 71.8. The molecule has 0 saturated carbocycles. The van der Waals surface area contributed by atoms with Crippen LogP contribution in [0.25, 0.3) is 0 Å². The molecule has 15 heteroatoms. The Hall–Kier alpha value is -2.26. The summed E-state index contributed by atoms with van der Waals surface area (Å²) in [6.07, 6.45) is 0. The molecule has 2 heterocycles. The van der Waals surface area contributed by atoms with Crippen LogP contribution in [0, 0.1) is 0 Å². The Morgan fingerprint density at radius 3 is 0.571 bits per heavy atom. The Morgan fingerprint density at radius 1 is 0.381 bits per heavy atom. The van der Waals surface area contributed by atoms with Crippen LogP contribution in [0.1, 0.15) is 0 Å². The van der Waals surface area contributed by atoms with Gasteiger partial charge in [0.25, 0.3) is 0 Å². The first-order valence-corrected chi connectivity index (χ1v) is 4.22. The smallest absolute Gasteiger partial charge is 0.330 e. The van der Waals surface area contributed by atoms with Gasteiger partial charge in [-0.2, -0.15) is 0 Å². The number of nitrogens with one attached hydrogen (secondary N) is 6. The number of H-pyrrole nitrogens is 6. The maximum Gasteiger partial charge on any atom is 0.330 e. The van der Waals surface area contributed by atoms with E-state index in [1.807, 2.05) is 0 Å². The molecule has 0 unspecified atom stereocenters. The van der Waals surface area contributed by atoms with Crippen LogP contribution in [0.3, 0.4) is 0 Å². The molecular formula is C6H10N6NaO8. The van der Waals surface area contributed by atoms with Gasteiger partial charge in [0, 0.05) is 29.6 Å². The van der Waals surface area contributed by atoms with E-state index in [4.69, 9.17) is 0 Å². The minimum atomic E-state index is -0.802. The molecule has 10 N–H and O–H groups in total. The van der Waals surface area contributed by atoms with Crippen LogP contribution in [0.4, 0.5) is 0 Å².